The normalized spacial score (nSPS) is 36.9. The van der Waals surface area contributed by atoms with Crippen LogP contribution in [0.25, 0.3) is 0 Å². The number of hydrogen-bond donors (Lipinski definition) is 3. The second-order valence-electron chi connectivity index (χ2n) is 20.6. The third kappa shape index (κ3) is 16.1. The van der Waals surface area contributed by atoms with Gasteiger partial charge in [0.1, 0.15) is 30.1 Å². The summed E-state index contributed by atoms with van der Waals surface area (Å²) >= 11 is 0. The van der Waals surface area contributed by atoms with Gasteiger partial charge in [-0.1, -0.05) is 83.2 Å². The monoisotopic (exact) mass is 982 g/mol. The number of nitrogens with one attached hydrogen (secondary N) is 1. The van der Waals surface area contributed by atoms with Gasteiger partial charge in [0.05, 0.1) is 18.3 Å². The quantitative estimate of drug-likeness (QED) is 0.154. The van der Waals surface area contributed by atoms with Gasteiger partial charge in [0.2, 0.25) is 5.79 Å². The molecule has 2 saturated heterocycles. The Labute approximate surface area is 415 Å². The number of piperidine rings is 1. The highest BCUT2D eigenvalue weighted by atomic mass is 16.6. The third-order valence-electron chi connectivity index (χ3n) is 15.1. The van der Waals surface area contributed by atoms with Crippen molar-refractivity contribution in [2.24, 2.45) is 41.4 Å². The van der Waals surface area contributed by atoms with E-state index in [-0.39, 0.29) is 54.8 Å². The summed E-state index contributed by atoms with van der Waals surface area (Å²) < 4.78 is 29.7. The Morgan fingerprint density at radius 1 is 0.886 bits per heavy atom. The fourth-order valence-electron chi connectivity index (χ4n) is 10.5. The van der Waals surface area contributed by atoms with E-state index in [0.717, 1.165) is 24.8 Å². The van der Waals surface area contributed by atoms with Crippen molar-refractivity contribution in [3.8, 4) is 0 Å². The maximum absolute atomic E-state index is 14.4. The number of hydrogen-bond acceptors (Lipinski definition) is 15. The van der Waals surface area contributed by atoms with Crippen molar-refractivity contribution >= 4 is 29.2 Å². The summed E-state index contributed by atoms with van der Waals surface area (Å²) in [5.41, 5.74) is 1.30. The molecule has 1 aliphatic carbocycles. The Bertz CT molecular complexity index is 1950. The van der Waals surface area contributed by atoms with E-state index in [2.05, 4.69) is 27.5 Å². The average Bonchev–Trinajstić information content (AvgIpc) is 3.94. The van der Waals surface area contributed by atoms with Gasteiger partial charge in [-0.15, -0.1) is 10.2 Å². The van der Waals surface area contributed by atoms with Crippen molar-refractivity contribution in [2.75, 3.05) is 27.9 Å². The molecule has 3 N–H and O–H groups in total. The predicted octanol–water partition coefficient (Wildman–Crippen LogP) is 6.66. The molecule has 4 heterocycles. The number of fused-ring (bicyclic) bond motifs is 3. The Kier molecular flexibility index (Phi) is 23.4. The lowest BCUT2D eigenvalue weighted by molar-refractivity contribution is -0.265. The number of tetrazole rings is 1. The van der Waals surface area contributed by atoms with Crippen LogP contribution in [-0.4, -0.2) is 141 Å². The molecule has 2 bridgehead atoms. The molecule has 17 heteroatoms. The Morgan fingerprint density at radius 3 is 2.27 bits per heavy atom. The lowest BCUT2D eigenvalue weighted by atomic mass is 9.76. The smallest absolute Gasteiger partial charge is 0.329 e. The molecule has 4 aliphatic rings. The lowest BCUT2D eigenvalue weighted by Crippen LogP contribution is -2.61. The number of methoxy groups -OCH3 is 3. The molecule has 0 radical (unpaired) electrons. The number of rotatable bonds is 6. The Hall–Kier alpha value is -4.26. The van der Waals surface area contributed by atoms with Gasteiger partial charge in [-0.25, -0.2) is 4.79 Å². The fourth-order valence-corrected chi connectivity index (χ4v) is 10.5. The van der Waals surface area contributed by atoms with Gasteiger partial charge >= 0.3 is 5.97 Å². The number of H-pyrrole nitrogens is 1. The van der Waals surface area contributed by atoms with E-state index in [1.807, 2.05) is 58.1 Å². The number of Topliss-reactive ketones (excluding diaryl/α,β-unsaturated/α-hetero) is 3. The van der Waals surface area contributed by atoms with E-state index in [1.54, 1.807) is 41.1 Å². The predicted molar refractivity (Wildman–Crippen MR) is 262 cm³/mol. The lowest BCUT2D eigenvalue weighted by Gasteiger charge is -2.42. The minimum absolute atomic E-state index is 0.0304. The van der Waals surface area contributed by atoms with Crippen molar-refractivity contribution in [2.45, 2.75) is 181 Å². The maximum atomic E-state index is 14.4. The van der Waals surface area contributed by atoms with Crippen LogP contribution in [0.1, 0.15) is 132 Å². The maximum Gasteiger partial charge on any atom is 0.329 e. The van der Waals surface area contributed by atoms with Gasteiger partial charge in [0.15, 0.2) is 12.1 Å². The van der Waals surface area contributed by atoms with E-state index in [9.17, 15) is 34.2 Å². The van der Waals surface area contributed by atoms with Crippen LogP contribution in [0.2, 0.25) is 0 Å². The molecule has 0 aromatic carbocycles. The number of carbonyl (C=O) groups is 5. The van der Waals surface area contributed by atoms with E-state index in [0.29, 0.717) is 56.4 Å². The number of ketones is 3. The van der Waals surface area contributed by atoms with Crippen molar-refractivity contribution in [1.82, 2.24) is 25.5 Å². The van der Waals surface area contributed by atoms with Crippen LogP contribution < -0.4 is 0 Å². The molecule has 5 rings (SSSR count). The zero-order valence-electron chi connectivity index (χ0n) is 43.6. The van der Waals surface area contributed by atoms with Crippen molar-refractivity contribution in [3.63, 3.8) is 0 Å². The highest BCUT2D eigenvalue weighted by Gasteiger charge is 2.53. The second-order valence-corrected chi connectivity index (χ2v) is 20.6. The summed E-state index contributed by atoms with van der Waals surface area (Å²) in [5.74, 6) is -7.07. The molecule has 392 valence electrons. The largest absolute Gasteiger partial charge is 0.460 e. The molecule has 3 fully saturated rings. The van der Waals surface area contributed by atoms with E-state index >= 15 is 0 Å². The first-order chi connectivity index (χ1) is 33.2. The molecule has 1 aromatic rings. The van der Waals surface area contributed by atoms with Crippen molar-refractivity contribution in [1.29, 1.82) is 0 Å². The van der Waals surface area contributed by atoms with Crippen LogP contribution in [0, 0.1) is 41.4 Å². The third-order valence-corrected chi connectivity index (χ3v) is 15.1. The fraction of sp³-hybridized carbons (Fsp3) is 0.736. The van der Waals surface area contributed by atoms with E-state index in [4.69, 9.17) is 23.7 Å². The summed E-state index contributed by atoms with van der Waals surface area (Å²) in [4.78, 5) is 71.9. The number of carbonyl (C=O) groups excluding carboxylic acids is 5. The minimum Gasteiger partial charge on any atom is -0.460 e. The molecule has 1 saturated carbocycles. The number of aromatic amines is 1. The van der Waals surface area contributed by atoms with Gasteiger partial charge in [-0.2, -0.15) is 5.21 Å². The van der Waals surface area contributed by atoms with Crippen molar-refractivity contribution in [3.05, 3.63) is 53.9 Å². The number of esters is 1. The zero-order chi connectivity index (χ0) is 51.7. The second kappa shape index (κ2) is 28.1. The number of aliphatic hydroxyl groups excluding tert-OH is 1. The number of amides is 1. The van der Waals surface area contributed by atoms with E-state index < -0.39 is 77.8 Å². The first kappa shape index (κ1) is 58.3. The number of cyclic esters (lactones) is 1. The molecule has 1 aromatic heterocycles. The number of ether oxygens (including phenoxy) is 5. The molecule has 0 spiro atoms. The minimum atomic E-state index is -2.41. The van der Waals surface area contributed by atoms with Gasteiger partial charge < -0.3 is 38.8 Å². The molecule has 3 aliphatic heterocycles. The Balaban J connectivity index is 0.00000200. The standard InChI is InChI=1S/C52H81NO12.CH2N4/c1-31-17-13-12-14-18-32(2)44(62-10)29-40-23-21-38(8)52(60,65-40)49(57)50(58)53-24-16-15-19-41(53)51(59)64-45(35(5)27-39-22-20-33(3)43(28-39)61-9)30-42(54)34(4)26-37(7)47(56)48(63-11)46(55)36(6)25-31;1-2-4-5-3-1/h12-14,17-18,26,31,33-36,38-41,43-45,47-48,56,60H,15-16,19-25,27-30H2,1-11H3;1H,(H,2,3,4,5)/b14-12?,17-13+,32-18?,37-26+;/t31-,33?,34-,35-,36+,38-,39+,40+,41+,43-,44+,45+,47-,48+,52-;/m1./s1. The summed E-state index contributed by atoms with van der Waals surface area (Å²) in [6.07, 6.45) is 15.0. The molecular weight excluding hydrogens is 899 g/mol. The topological polar surface area (TPSA) is 230 Å². The van der Waals surface area contributed by atoms with Crippen LogP contribution in [0.4, 0.5) is 0 Å². The van der Waals surface area contributed by atoms with Gasteiger partial charge in [0.25, 0.3) is 11.7 Å². The molecule has 1 amide bonds. The summed E-state index contributed by atoms with van der Waals surface area (Å²) in [6.45, 7) is 15.1. The van der Waals surface area contributed by atoms with Gasteiger partial charge in [0, 0.05) is 58.5 Å². The number of aliphatic hydroxyl groups is 2. The highest BCUT2D eigenvalue weighted by molar-refractivity contribution is 6.39. The Morgan fingerprint density at radius 2 is 1.63 bits per heavy atom. The molecule has 1 unspecified atom stereocenters. The number of aromatic nitrogens is 4. The van der Waals surface area contributed by atoms with Crippen LogP contribution in [-0.2, 0) is 47.7 Å². The van der Waals surface area contributed by atoms with Crippen LogP contribution in [0.3, 0.4) is 0 Å². The van der Waals surface area contributed by atoms with Crippen molar-refractivity contribution < 1.29 is 57.9 Å². The summed E-state index contributed by atoms with van der Waals surface area (Å²) in [7, 11) is 4.70. The molecular formula is C53H83N5O12. The average molecular weight is 982 g/mol. The molecule has 70 heavy (non-hydrogen) atoms. The van der Waals surface area contributed by atoms with Crippen LogP contribution in [0.5, 0.6) is 0 Å². The van der Waals surface area contributed by atoms with E-state index in [1.165, 1.54) is 18.3 Å². The summed E-state index contributed by atoms with van der Waals surface area (Å²) in [5, 5.41) is 35.6. The van der Waals surface area contributed by atoms with Gasteiger partial charge in [-0.05, 0) is 113 Å². The van der Waals surface area contributed by atoms with Gasteiger partial charge in [-0.3, -0.25) is 19.2 Å². The number of allylic oxidation sites excluding steroid dienone is 6. The van der Waals surface area contributed by atoms with Crippen LogP contribution in [0.15, 0.2) is 53.9 Å². The molecule has 15 atom stereocenters. The molecule has 17 nitrogen and oxygen atoms in total. The zero-order valence-corrected chi connectivity index (χ0v) is 43.6. The first-order valence-corrected chi connectivity index (χ1v) is 25.4. The number of nitrogens with zero attached hydrogens (tertiary/aromatic N) is 4. The van der Waals surface area contributed by atoms with Crippen LogP contribution >= 0.6 is 0 Å². The summed E-state index contributed by atoms with van der Waals surface area (Å²) in [6, 6.07) is -1.11. The highest BCUT2D eigenvalue weighted by Crippen LogP contribution is 2.38. The SMILES string of the molecule is CO[C@H]1C[C@@H]2CC[C@@H](C)[C@@](O)(O2)C(=O)C(=O)N2CCCC[C@H]2C(=O)O[C@H]([C@H](C)C[C@@H]2CCC(C)[C@H](OC)C2)CC(=O)[C@H](C)/C=C(\C)[C@@H](O)[C@@H](OC)C(=O)[C@@H](C)C[C@H](C)/C=C/C=CC=C1C.c1nn[nH]n1. The first-order valence-electron chi connectivity index (χ1n) is 25.4.